The van der Waals surface area contributed by atoms with Gasteiger partial charge in [0.25, 0.3) is 0 Å². The first-order chi connectivity index (χ1) is 12.4. The number of hydrogen-bond donors (Lipinski definition) is 2. The van der Waals surface area contributed by atoms with Gasteiger partial charge in [-0.25, -0.2) is 0 Å². The average molecular weight is 431 g/mol. The number of carbonyl (C=O) groups is 1. The number of benzene rings is 2. The molecule has 0 spiro atoms. The van der Waals surface area contributed by atoms with Gasteiger partial charge in [-0.05, 0) is 23.8 Å². The van der Waals surface area contributed by atoms with E-state index >= 15 is 0 Å². The molecular weight excluding hydrogens is 408 g/mol. The highest BCUT2D eigenvalue weighted by molar-refractivity contribution is 9.10. The van der Waals surface area contributed by atoms with E-state index in [9.17, 15) is 4.79 Å². The van der Waals surface area contributed by atoms with Gasteiger partial charge >= 0.3 is 0 Å². The monoisotopic (exact) mass is 430 g/mol. The van der Waals surface area contributed by atoms with Crippen molar-refractivity contribution in [2.24, 2.45) is 5.41 Å². The number of nitrogens with one attached hydrogen (secondary N) is 2. The Hall–Kier alpha value is -1.72. The molecule has 3 aromatic rings. The molecule has 0 aliphatic carbocycles. The van der Waals surface area contributed by atoms with Crippen LogP contribution in [-0.4, -0.2) is 23.2 Å². The topological polar surface area (TPSA) is 44.9 Å². The van der Waals surface area contributed by atoms with Crippen LogP contribution in [0.25, 0.3) is 22.2 Å². The van der Waals surface area contributed by atoms with Crippen molar-refractivity contribution in [3.63, 3.8) is 0 Å². The third-order valence-electron chi connectivity index (χ3n) is 4.11. The van der Waals surface area contributed by atoms with E-state index in [2.05, 4.69) is 68.7 Å². The van der Waals surface area contributed by atoms with E-state index in [1.807, 2.05) is 26.8 Å². The Labute approximate surface area is 167 Å². The van der Waals surface area contributed by atoms with Crippen molar-refractivity contribution in [2.75, 3.05) is 12.3 Å². The Morgan fingerprint density at radius 2 is 1.81 bits per heavy atom. The molecule has 2 aromatic carbocycles. The van der Waals surface area contributed by atoms with Gasteiger partial charge < -0.3 is 10.3 Å². The predicted octanol–water partition coefficient (Wildman–Crippen LogP) is 5.85. The fourth-order valence-corrected chi connectivity index (χ4v) is 3.99. The Morgan fingerprint density at radius 1 is 1.12 bits per heavy atom. The molecule has 5 heteroatoms. The minimum atomic E-state index is -0.353. The van der Waals surface area contributed by atoms with Crippen molar-refractivity contribution < 1.29 is 4.79 Å². The van der Waals surface area contributed by atoms with Crippen LogP contribution in [0.15, 0.2) is 57.9 Å². The first-order valence-corrected chi connectivity index (χ1v) is 10.4. The number of fused-ring (bicyclic) bond motifs is 1. The summed E-state index contributed by atoms with van der Waals surface area (Å²) < 4.78 is 1.07. The van der Waals surface area contributed by atoms with E-state index in [4.69, 9.17) is 0 Å². The van der Waals surface area contributed by atoms with Gasteiger partial charge in [-0.3, -0.25) is 4.79 Å². The molecule has 0 atom stereocenters. The van der Waals surface area contributed by atoms with Crippen molar-refractivity contribution in [3.8, 4) is 11.3 Å². The number of rotatable bonds is 5. The summed E-state index contributed by atoms with van der Waals surface area (Å²) >= 11 is 5.27. The molecule has 0 radical (unpaired) electrons. The SMILES string of the molecule is CC(C)(C)C(=O)NCCSc1c(-c2ccc(Br)cc2)[nH]c2ccccc12. The first-order valence-electron chi connectivity index (χ1n) is 8.64. The number of hydrogen-bond acceptors (Lipinski definition) is 2. The van der Waals surface area contributed by atoms with E-state index in [1.165, 1.54) is 10.3 Å². The van der Waals surface area contributed by atoms with Crippen molar-refractivity contribution in [1.29, 1.82) is 0 Å². The third kappa shape index (κ3) is 4.33. The second-order valence-electron chi connectivity index (χ2n) is 7.24. The van der Waals surface area contributed by atoms with Gasteiger partial charge in [0.15, 0.2) is 0 Å². The molecule has 1 amide bonds. The Balaban J connectivity index is 1.81. The number of H-pyrrole nitrogens is 1. The highest BCUT2D eigenvalue weighted by Crippen LogP contribution is 2.37. The van der Waals surface area contributed by atoms with E-state index < -0.39 is 0 Å². The average Bonchev–Trinajstić information content (AvgIpc) is 2.97. The van der Waals surface area contributed by atoms with E-state index in [0.717, 1.165) is 27.0 Å². The lowest BCUT2D eigenvalue weighted by atomic mass is 9.96. The third-order valence-corrected chi connectivity index (χ3v) is 5.76. The Bertz CT molecular complexity index is 910. The molecule has 3 nitrogen and oxygen atoms in total. The van der Waals surface area contributed by atoms with Gasteiger partial charge in [0, 0.05) is 38.0 Å². The maximum absolute atomic E-state index is 12.0. The van der Waals surface area contributed by atoms with Crippen LogP contribution < -0.4 is 5.32 Å². The molecule has 136 valence electrons. The largest absolute Gasteiger partial charge is 0.355 e. The van der Waals surface area contributed by atoms with Crippen LogP contribution in [0.4, 0.5) is 0 Å². The fourth-order valence-electron chi connectivity index (χ4n) is 2.67. The van der Waals surface area contributed by atoms with E-state index in [-0.39, 0.29) is 11.3 Å². The standard InChI is InChI=1S/C21H23BrN2OS/c1-21(2,3)20(25)23-12-13-26-19-16-6-4-5-7-17(16)24-18(19)14-8-10-15(22)11-9-14/h4-11,24H,12-13H2,1-3H3,(H,23,25). The van der Waals surface area contributed by atoms with Gasteiger partial charge in [0.1, 0.15) is 0 Å². The van der Waals surface area contributed by atoms with Crippen molar-refractivity contribution in [2.45, 2.75) is 25.7 Å². The maximum Gasteiger partial charge on any atom is 0.225 e. The summed E-state index contributed by atoms with van der Waals surface area (Å²) in [6, 6.07) is 16.7. The molecule has 0 aliphatic heterocycles. The molecule has 0 saturated heterocycles. The summed E-state index contributed by atoms with van der Waals surface area (Å²) in [6.07, 6.45) is 0. The lowest BCUT2D eigenvalue weighted by Gasteiger charge is -2.17. The number of aromatic amines is 1. The van der Waals surface area contributed by atoms with Crippen LogP contribution in [-0.2, 0) is 4.79 Å². The van der Waals surface area contributed by atoms with Crippen LogP contribution in [0.3, 0.4) is 0 Å². The smallest absolute Gasteiger partial charge is 0.225 e. The van der Waals surface area contributed by atoms with Gasteiger partial charge in [0.2, 0.25) is 5.91 Å². The van der Waals surface area contributed by atoms with Crippen molar-refractivity contribution in [3.05, 3.63) is 53.0 Å². The first kappa shape index (κ1) is 19.1. The second kappa shape index (κ2) is 7.89. The van der Waals surface area contributed by atoms with Gasteiger partial charge in [-0.2, -0.15) is 0 Å². The lowest BCUT2D eigenvalue weighted by Crippen LogP contribution is -2.36. The quantitative estimate of drug-likeness (QED) is 0.393. The molecule has 0 unspecified atom stereocenters. The molecule has 2 N–H and O–H groups in total. The zero-order chi connectivity index (χ0) is 18.7. The minimum Gasteiger partial charge on any atom is -0.355 e. The number of amides is 1. The molecule has 3 rings (SSSR count). The molecule has 0 bridgehead atoms. The lowest BCUT2D eigenvalue weighted by molar-refractivity contribution is -0.128. The number of aromatic nitrogens is 1. The zero-order valence-corrected chi connectivity index (χ0v) is 17.6. The molecular formula is C21H23BrN2OS. The van der Waals surface area contributed by atoms with E-state index in [0.29, 0.717) is 6.54 Å². The predicted molar refractivity (Wildman–Crippen MR) is 115 cm³/mol. The highest BCUT2D eigenvalue weighted by Gasteiger charge is 2.20. The van der Waals surface area contributed by atoms with E-state index in [1.54, 1.807) is 11.8 Å². The van der Waals surface area contributed by atoms with Crippen LogP contribution in [0.1, 0.15) is 20.8 Å². The minimum absolute atomic E-state index is 0.0881. The summed E-state index contributed by atoms with van der Waals surface area (Å²) in [5.41, 5.74) is 3.07. The van der Waals surface area contributed by atoms with Gasteiger partial charge in [-0.15, -0.1) is 11.8 Å². The Kier molecular flexibility index (Phi) is 5.78. The summed E-state index contributed by atoms with van der Waals surface area (Å²) in [5.74, 6) is 0.915. The van der Waals surface area contributed by atoms with Gasteiger partial charge in [-0.1, -0.05) is 67.0 Å². The molecule has 0 aliphatic rings. The Morgan fingerprint density at radius 3 is 2.50 bits per heavy atom. The molecule has 0 fully saturated rings. The summed E-state index contributed by atoms with van der Waals surface area (Å²) in [5, 5.41) is 4.24. The maximum atomic E-state index is 12.0. The van der Waals surface area contributed by atoms with Crippen LogP contribution in [0, 0.1) is 5.41 Å². The van der Waals surface area contributed by atoms with Crippen LogP contribution in [0.5, 0.6) is 0 Å². The highest BCUT2D eigenvalue weighted by atomic mass is 79.9. The molecule has 26 heavy (non-hydrogen) atoms. The summed E-state index contributed by atoms with van der Waals surface area (Å²) in [4.78, 5) is 16.8. The van der Waals surface area contributed by atoms with Crippen molar-refractivity contribution in [1.82, 2.24) is 10.3 Å². The fraction of sp³-hybridized carbons (Fsp3) is 0.286. The number of thioether (sulfide) groups is 1. The number of para-hydroxylation sites is 1. The number of carbonyl (C=O) groups excluding carboxylic acids is 1. The summed E-state index contributed by atoms with van der Waals surface area (Å²) in [6.45, 7) is 6.45. The van der Waals surface area contributed by atoms with Crippen molar-refractivity contribution >= 4 is 44.5 Å². The summed E-state index contributed by atoms with van der Waals surface area (Å²) in [7, 11) is 0. The van der Waals surface area contributed by atoms with Gasteiger partial charge in [0.05, 0.1) is 5.69 Å². The molecule has 1 aromatic heterocycles. The number of halogens is 1. The zero-order valence-electron chi connectivity index (χ0n) is 15.2. The second-order valence-corrected chi connectivity index (χ2v) is 9.26. The van der Waals surface area contributed by atoms with Crippen LogP contribution in [0.2, 0.25) is 0 Å². The molecule has 1 heterocycles. The van der Waals surface area contributed by atoms with Crippen LogP contribution >= 0.6 is 27.7 Å². The normalized spacial score (nSPS) is 11.7. The molecule has 0 saturated carbocycles.